The third-order valence-corrected chi connectivity index (χ3v) is 16.0. The monoisotopic (exact) mass is 927 g/mol. The number of thiazole rings is 1. The summed E-state index contributed by atoms with van der Waals surface area (Å²) >= 11 is 7.88. The lowest BCUT2D eigenvalue weighted by molar-refractivity contribution is -0.164. The second-order valence-electron chi connectivity index (χ2n) is 19.9. The molecule has 11 nitrogen and oxygen atoms in total. The van der Waals surface area contributed by atoms with Crippen molar-refractivity contribution in [2.45, 2.75) is 110 Å². The van der Waals surface area contributed by atoms with Crippen LogP contribution in [0.25, 0.3) is 10.4 Å². The number of piperidine rings is 2. The summed E-state index contributed by atoms with van der Waals surface area (Å²) in [6, 6.07) is 22.7. The summed E-state index contributed by atoms with van der Waals surface area (Å²) in [6.45, 7) is 14.7. The Morgan fingerprint density at radius 3 is 2.23 bits per heavy atom. The van der Waals surface area contributed by atoms with Gasteiger partial charge in [-0.15, -0.1) is 11.3 Å². The van der Waals surface area contributed by atoms with Crippen LogP contribution in [0.4, 0.5) is 0 Å². The molecule has 3 saturated heterocycles. The van der Waals surface area contributed by atoms with Crippen molar-refractivity contribution in [3.63, 3.8) is 0 Å². The molecule has 0 radical (unpaired) electrons. The van der Waals surface area contributed by atoms with Gasteiger partial charge < -0.3 is 25.2 Å². The molecule has 4 heterocycles. The molecule has 8 rings (SSSR count). The second-order valence-corrected chi connectivity index (χ2v) is 21.1. The molecule has 3 aromatic carbocycles. The minimum absolute atomic E-state index is 0.00594. The molecule has 2 N–H and O–H groups in total. The van der Waals surface area contributed by atoms with E-state index < -0.39 is 6.04 Å². The number of hydrogen-bond donors (Lipinski definition) is 2. The van der Waals surface area contributed by atoms with Crippen LogP contribution in [-0.2, 0) is 9.59 Å². The maximum atomic E-state index is 13.9. The molecule has 0 bridgehead atoms. The molecule has 346 valence electrons. The summed E-state index contributed by atoms with van der Waals surface area (Å²) in [5.41, 5.74) is 6.05. The fourth-order valence-electron chi connectivity index (χ4n) is 11.1. The SMILES string of the molecule is Cc1ncsc1-c1ccc(C(CC(=O)N2CCC(N3CCC(C#Cc4ccc(C(=O)NC5C(C)(C)C(Oc6ccc(C#N)c(Cl)c6)C5(C)C)cc4)CC3)CC2)NC(=O)C2CCCN2C)cc1. The molecule has 66 heavy (non-hydrogen) atoms. The molecule has 4 aliphatic rings. The van der Waals surface area contributed by atoms with Crippen molar-refractivity contribution in [3.05, 3.63) is 105 Å². The summed E-state index contributed by atoms with van der Waals surface area (Å²) < 4.78 is 6.39. The number of nitrogens with zero attached hydrogens (tertiary/aromatic N) is 5. The van der Waals surface area contributed by atoms with Crippen molar-refractivity contribution in [1.29, 1.82) is 5.26 Å². The van der Waals surface area contributed by atoms with Crippen molar-refractivity contribution in [2.75, 3.05) is 39.8 Å². The zero-order valence-electron chi connectivity index (χ0n) is 39.0. The number of aromatic nitrogens is 1. The molecule has 4 fully saturated rings. The highest BCUT2D eigenvalue weighted by Crippen LogP contribution is 2.55. The number of nitrogens with one attached hydrogen (secondary N) is 2. The normalized spacial score (nSPS) is 22.6. The van der Waals surface area contributed by atoms with Crippen LogP contribution in [0.1, 0.15) is 111 Å². The Labute approximate surface area is 399 Å². The number of benzene rings is 3. The number of carbonyl (C=O) groups is 3. The van der Waals surface area contributed by atoms with Crippen molar-refractivity contribution < 1.29 is 19.1 Å². The van der Waals surface area contributed by atoms with E-state index in [1.165, 1.54) is 0 Å². The van der Waals surface area contributed by atoms with Gasteiger partial charge >= 0.3 is 0 Å². The Hall–Kier alpha value is -5.24. The standard InChI is InChI=1S/C53H62ClN7O4S/c1-34-47(66-33-56-34)38-17-15-37(16-18-38)44(57-49(64)45-8-7-25-59(45)6)31-46(62)61-28-23-41(24-29-61)60-26-21-36(22-27-60)10-9-35-11-13-39(14-12-35)48(63)58-50-52(2,3)51(53(50,4)5)65-42-20-19-40(32-55)43(54)30-42/h11-20,30,33,36,41,44-45,50-51H,7-8,21-29,31H2,1-6H3,(H,57,64)(H,58,63). The minimum Gasteiger partial charge on any atom is -0.489 e. The van der Waals surface area contributed by atoms with E-state index in [1.54, 1.807) is 29.5 Å². The summed E-state index contributed by atoms with van der Waals surface area (Å²) in [5.74, 6) is 7.74. The van der Waals surface area contributed by atoms with Gasteiger partial charge in [0.05, 0.1) is 45.2 Å². The molecule has 0 spiro atoms. The predicted molar refractivity (Wildman–Crippen MR) is 260 cm³/mol. The largest absolute Gasteiger partial charge is 0.489 e. The number of hydrogen-bond acceptors (Lipinski definition) is 9. The van der Waals surface area contributed by atoms with Crippen LogP contribution >= 0.6 is 22.9 Å². The predicted octanol–water partition coefficient (Wildman–Crippen LogP) is 8.65. The number of ether oxygens (including phenoxy) is 1. The number of carbonyl (C=O) groups excluding carboxylic acids is 3. The van der Waals surface area contributed by atoms with Gasteiger partial charge in [-0.1, -0.05) is 75.4 Å². The zero-order valence-corrected chi connectivity index (χ0v) is 40.6. The number of rotatable bonds is 11. The fraction of sp³-hybridized carbons (Fsp3) is 0.491. The highest BCUT2D eigenvalue weighted by atomic mass is 35.5. The van der Waals surface area contributed by atoms with Gasteiger partial charge in [-0.25, -0.2) is 4.98 Å². The first kappa shape index (κ1) is 47.3. The van der Waals surface area contributed by atoms with Gasteiger partial charge in [-0.2, -0.15) is 5.26 Å². The molecule has 13 heteroatoms. The van der Waals surface area contributed by atoms with Crippen LogP contribution in [0.15, 0.2) is 72.2 Å². The van der Waals surface area contributed by atoms with Crippen LogP contribution in [0, 0.1) is 46.8 Å². The Morgan fingerprint density at radius 2 is 1.62 bits per heavy atom. The molecular weight excluding hydrogens is 866 g/mol. The van der Waals surface area contributed by atoms with Crippen LogP contribution in [0.2, 0.25) is 5.02 Å². The van der Waals surface area contributed by atoms with Crippen LogP contribution in [0.5, 0.6) is 5.75 Å². The highest BCUT2D eigenvalue weighted by Gasteiger charge is 2.64. The van der Waals surface area contributed by atoms with Crippen molar-refractivity contribution in [1.82, 2.24) is 30.3 Å². The Bertz CT molecular complexity index is 2490. The molecule has 3 aliphatic heterocycles. The van der Waals surface area contributed by atoms with E-state index in [9.17, 15) is 19.6 Å². The van der Waals surface area contributed by atoms with Crippen LogP contribution in [0.3, 0.4) is 0 Å². The van der Waals surface area contributed by atoms with Gasteiger partial charge in [0.25, 0.3) is 5.91 Å². The van der Waals surface area contributed by atoms with Crippen molar-refractivity contribution in [3.8, 4) is 34.1 Å². The summed E-state index contributed by atoms with van der Waals surface area (Å²) in [7, 11) is 2.00. The van der Waals surface area contributed by atoms with Gasteiger partial charge in [0.15, 0.2) is 0 Å². The molecule has 1 saturated carbocycles. The lowest BCUT2D eigenvalue weighted by Crippen LogP contribution is -2.74. The van der Waals surface area contributed by atoms with Gasteiger partial charge in [-0.05, 0) is 120 Å². The third kappa shape index (κ3) is 10.2. The fourth-order valence-corrected chi connectivity index (χ4v) is 12.1. The summed E-state index contributed by atoms with van der Waals surface area (Å²) in [4.78, 5) is 53.1. The number of nitriles is 1. The Kier molecular flexibility index (Phi) is 14.3. The van der Waals surface area contributed by atoms with E-state index in [2.05, 4.69) is 83.2 Å². The number of amides is 3. The van der Waals surface area contributed by atoms with E-state index in [0.717, 1.165) is 85.4 Å². The molecule has 4 aromatic rings. The Morgan fingerprint density at radius 1 is 0.924 bits per heavy atom. The van der Waals surface area contributed by atoms with Crippen molar-refractivity contribution >= 4 is 40.7 Å². The van der Waals surface area contributed by atoms with Gasteiger partial charge in [0.1, 0.15) is 17.9 Å². The minimum atomic E-state index is -0.401. The molecule has 1 aromatic heterocycles. The molecular formula is C53H62ClN7O4S. The number of aryl methyl sites for hydroxylation is 1. The molecule has 1 aliphatic carbocycles. The van der Waals surface area contributed by atoms with Crippen LogP contribution < -0.4 is 15.4 Å². The molecule has 3 amide bonds. The van der Waals surface area contributed by atoms with E-state index in [4.69, 9.17) is 16.3 Å². The third-order valence-electron chi connectivity index (χ3n) is 14.7. The van der Waals surface area contributed by atoms with E-state index >= 15 is 0 Å². The number of likely N-dealkylation sites (tertiary alicyclic amines) is 3. The second kappa shape index (κ2) is 19.9. The first-order chi connectivity index (χ1) is 31.6. The lowest BCUT2D eigenvalue weighted by Gasteiger charge is -2.63. The topological polar surface area (TPSA) is 131 Å². The van der Waals surface area contributed by atoms with E-state index in [1.807, 2.05) is 60.8 Å². The highest BCUT2D eigenvalue weighted by molar-refractivity contribution is 7.13. The van der Waals surface area contributed by atoms with Crippen molar-refractivity contribution in [2.24, 2.45) is 16.7 Å². The number of likely N-dealkylation sites (N-methyl/N-ethyl adjacent to an activating group) is 1. The first-order valence-electron chi connectivity index (χ1n) is 23.4. The zero-order chi connectivity index (χ0) is 46.8. The van der Waals surface area contributed by atoms with Gasteiger partial charge in [-0.3, -0.25) is 19.3 Å². The van der Waals surface area contributed by atoms with Gasteiger partial charge in [0, 0.05) is 59.1 Å². The molecule has 2 unspecified atom stereocenters. The van der Waals surface area contributed by atoms with Crippen LogP contribution in [-0.4, -0.2) is 101 Å². The average molecular weight is 929 g/mol. The summed E-state index contributed by atoms with van der Waals surface area (Å²) in [5, 5.41) is 16.1. The summed E-state index contributed by atoms with van der Waals surface area (Å²) in [6.07, 6.45) is 5.76. The van der Waals surface area contributed by atoms with E-state index in [-0.39, 0.29) is 53.2 Å². The maximum Gasteiger partial charge on any atom is 0.251 e. The smallest absolute Gasteiger partial charge is 0.251 e. The first-order valence-corrected chi connectivity index (χ1v) is 24.7. The van der Waals surface area contributed by atoms with E-state index in [0.29, 0.717) is 46.9 Å². The lowest BCUT2D eigenvalue weighted by atomic mass is 9.49. The average Bonchev–Trinajstić information content (AvgIpc) is 3.96. The number of halogens is 1. The maximum absolute atomic E-state index is 13.9. The quantitative estimate of drug-likeness (QED) is 0.143. The molecule has 2 atom stereocenters. The van der Waals surface area contributed by atoms with Gasteiger partial charge in [0.2, 0.25) is 11.8 Å². The Balaban J connectivity index is 0.794.